The summed E-state index contributed by atoms with van der Waals surface area (Å²) >= 11 is 0. The van der Waals surface area contributed by atoms with E-state index in [0.29, 0.717) is 13.0 Å². The zero-order chi connectivity index (χ0) is 25.0. The molecule has 0 spiro atoms. The van der Waals surface area contributed by atoms with Crippen molar-refractivity contribution in [2.75, 3.05) is 6.54 Å². The molecule has 2 aromatic rings. The smallest absolute Gasteiger partial charge is 0.305 e. The molecule has 0 fully saturated rings. The second kappa shape index (κ2) is 11.1. The van der Waals surface area contributed by atoms with E-state index in [9.17, 15) is 23.8 Å². The van der Waals surface area contributed by atoms with E-state index in [1.165, 1.54) is 24.3 Å². The van der Waals surface area contributed by atoms with Gasteiger partial charge in [0, 0.05) is 18.2 Å². The SMILES string of the molecule is CC1=C(C(C)C)N(CC[C@@H](O)C[C@@H](O)CC(=O)O)C(c2ccc(F)cc2)C1c1ccc(F)cc1. The molecule has 5 nitrogen and oxygen atoms in total. The van der Waals surface area contributed by atoms with E-state index < -0.39 is 24.6 Å². The maximum absolute atomic E-state index is 13.7. The monoisotopic (exact) mass is 473 g/mol. The van der Waals surface area contributed by atoms with Crippen molar-refractivity contribution in [1.82, 2.24) is 4.90 Å². The van der Waals surface area contributed by atoms with Crippen LogP contribution in [0.3, 0.4) is 0 Å². The van der Waals surface area contributed by atoms with Crippen molar-refractivity contribution < 1.29 is 28.9 Å². The van der Waals surface area contributed by atoms with Crippen LogP contribution in [0, 0.1) is 17.6 Å². The first-order valence-electron chi connectivity index (χ1n) is 11.6. The zero-order valence-electron chi connectivity index (χ0n) is 19.8. The van der Waals surface area contributed by atoms with Crippen LogP contribution in [0.1, 0.15) is 63.1 Å². The Morgan fingerprint density at radius 1 is 0.941 bits per heavy atom. The minimum absolute atomic E-state index is 0.0253. The topological polar surface area (TPSA) is 81.0 Å². The second-order valence-electron chi connectivity index (χ2n) is 9.37. The lowest BCUT2D eigenvalue weighted by atomic mass is 9.84. The minimum Gasteiger partial charge on any atom is -0.481 e. The summed E-state index contributed by atoms with van der Waals surface area (Å²) in [5, 5.41) is 29.3. The third-order valence-corrected chi connectivity index (χ3v) is 6.48. The molecule has 0 saturated carbocycles. The number of carboxylic acids is 1. The van der Waals surface area contributed by atoms with Gasteiger partial charge in [-0.25, -0.2) is 8.78 Å². The molecule has 1 heterocycles. The lowest BCUT2D eigenvalue weighted by Gasteiger charge is -2.35. The standard InChI is InChI=1S/C27H33F2NO4/c1-16(2)26-17(3)25(18-4-8-20(28)9-5-18)27(19-6-10-21(29)11-7-19)30(26)13-12-22(31)14-23(32)15-24(33)34/h4-11,16,22-23,25,27,31-32H,12-15H2,1-3H3,(H,33,34)/t22-,23-,25?,27?/m1/s1. The molecule has 0 saturated heterocycles. The summed E-state index contributed by atoms with van der Waals surface area (Å²) in [4.78, 5) is 13.0. The largest absolute Gasteiger partial charge is 0.481 e. The summed E-state index contributed by atoms with van der Waals surface area (Å²) < 4.78 is 27.4. The van der Waals surface area contributed by atoms with Crippen LogP contribution < -0.4 is 0 Å². The molecule has 7 heteroatoms. The fourth-order valence-corrected chi connectivity index (χ4v) is 5.14. The van der Waals surface area contributed by atoms with Crippen LogP contribution in [0.5, 0.6) is 0 Å². The van der Waals surface area contributed by atoms with Crippen LogP contribution >= 0.6 is 0 Å². The maximum atomic E-state index is 13.7. The molecule has 0 aromatic heterocycles. The van der Waals surface area contributed by atoms with Crippen molar-refractivity contribution in [3.63, 3.8) is 0 Å². The zero-order valence-corrected chi connectivity index (χ0v) is 19.8. The van der Waals surface area contributed by atoms with E-state index in [-0.39, 0.29) is 35.9 Å². The van der Waals surface area contributed by atoms with Gasteiger partial charge < -0.3 is 20.2 Å². The molecule has 3 N–H and O–H groups in total. The number of nitrogens with zero attached hydrogens (tertiary/aromatic N) is 1. The summed E-state index contributed by atoms with van der Waals surface area (Å²) in [6.45, 7) is 6.71. The van der Waals surface area contributed by atoms with E-state index in [2.05, 4.69) is 25.7 Å². The number of aliphatic carboxylic acids is 1. The molecule has 3 rings (SSSR count). The maximum Gasteiger partial charge on any atom is 0.305 e. The predicted octanol–water partition coefficient (Wildman–Crippen LogP) is 5.01. The number of hydrogen-bond acceptors (Lipinski definition) is 4. The highest BCUT2D eigenvalue weighted by Crippen LogP contribution is 2.51. The Labute approximate surface area is 199 Å². The van der Waals surface area contributed by atoms with Gasteiger partial charge in [-0.3, -0.25) is 4.79 Å². The van der Waals surface area contributed by atoms with Gasteiger partial charge in [0.05, 0.1) is 24.7 Å². The summed E-state index contributed by atoms with van der Waals surface area (Å²) in [6.07, 6.45) is -2.10. The highest BCUT2D eigenvalue weighted by molar-refractivity contribution is 5.67. The first kappa shape index (κ1) is 25.8. The molecular weight excluding hydrogens is 440 g/mol. The van der Waals surface area contributed by atoms with Crippen molar-refractivity contribution in [1.29, 1.82) is 0 Å². The molecule has 34 heavy (non-hydrogen) atoms. The van der Waals surface area contributed by atoms with Crippen molar-refractivity contribution >= 4 is 5.97 Å². The minimum atomic E-state index is -1.12. The van der Waals surface area contributed by atoms with Gasteiger partial charge in [0.15, 0.2) is 0 Å². The number of carbonyl (C=O) groups is 1. The van der Waals surface area contributed by atoms with Gasteiger partial charge in [0.2, 0.25) is 0 Å². The molecule has 0 aliphatic carbocycles. The molecule has 0 radical (unpaired) electrons. The lowest BCUT2D eigenvalue weighted by Crippen LogP contribution is -2.32. The number of allylic oxidation sites excluding steroid dienone is 1. The highest BCUT2D eigenvalue weighted by Gasteiger charge is 2.41. The number of halogens is 2. The fraction of sp³-hybridized carbons (Fsp3) is 0.444. The molecule has 184 valence electrons. The van der Waals surface area contributed by atoms with Gasteiger partial charge >= 0.3 is 5.97 Å². The van der Waals surface area contributed by atoms with Gasteiger partial charge in [0.1, 0.15) is 11.6 Å². The third-order valence-electron chi connectivity index (χ3n) is 6.48. The van der Waals surface area contributed by atoms with Crippen molar-refractivity contribution in [3.05, 3.63) is 82.6 Å². The number of rotatable bonds is 10. The van der Waals surface area contributed by atoms with Crippen LogP contribution in [-0.4, -0.2) is 44.9 Å². The van der Waals surface area contributed by atoms with Crippen molar-refractivity contribution in [3.8, 4) is 0 Å². The van der Waals surface area contributed by atoms with Crippen LogP contribution in [-0.2, 0) is 4.79 Å². The van der Waals surface area contributed by atoms with Crippen LogP contribution in [0.2, 0.25) is 0 Å². The van der Waals surface area contributed by atoms with Gasteiger partial charge in [-0.15, -0.1) is 0 Å². The van der Waals surface area contributed by atoms with E-state index in [1.807, 2.05) is 0 Å². The van der Waals surface area contributed by atoms with Gasteiger partial charge in [-0.05, 0) is 66.6 Å². The van der Waals surface area contributed by atoms with E-state index in [0.717, 1.165) is 22.4 Å². The van der Waals surface area contributed by atoms with E-state index >= 15 is 0 Å². The Morgan fingerprint density at radius 3 is 1.97 bits per heavy atom. The quantitative estimate of drug-likeness (QED) is 0.452. The molecule has 2 aromatic carbocycles. The molecule has 0 amide bonds. The summed E-state index contributed by atoms with van der Waals surface area (Å²) in [5.74, 6) is -1.67. The van der Waals surface area contributed by atoms with Crippen LogP contribution in [0.25, 0.3) is 0 Å². The summed E-state index contributed by atoms with van der Waals surface area (Å²) in [5.41, 5.74) is 4.11. The summed E-state index contributed by atoms with van der Waals surface area (Å²) in [7, 11) is 0. The first-order chi connectivity index (χ1) is 16.1. The fourth-order valence-electron chi connectivity index (χ4n) is 5.14. The second-order valence-corrected chi connectivity index (χ2v) is 9.37. The average Bonchev–Trinajstić information content (AvgIpc) is 3.05. The molecule has 0 bridgehead atoms. The van der Waals surface area contributed by atoms with Crippen LogP contribution in [0.15, 0.2) is 59.8 Å². The van der Waals surface area contributed by atoms with Gasteiger partial charge in [0.25, 0.3) is 0 Å². The Morgan fingerprint density at radius 2 is 1.47 bits per heavy atom. The normalized spacial score (nSPS) is 20.2. The molecule has 1 aliphatic heterocycles. The molecular formula is C27H33F2NO4. The van der Waals surface area contributed by atoms with Crippen molar-refractivity contribution in [2.24, 2.45) is 5.92 Å². The molecule has 1 aliphatic rings. The van der Waals surface area contributed by atoms with E-state index in [4.69, 9.17) is 5.11 Å². The third kappa shape index (κ3) is 6.02. The first-order valence-corrected chi connectivity index (χ1v) is 11.6. The van der Waals surface area contributed by atoms with E-state index in [1.54, 1.807) is 24.3 Å². The van der Waals surface area contributed by atoms with Crippen molar-refractivity contribution in [2.45, 2.75) is 64.2 Å². The molecule has 2 unspecified atom stereocenters. The number of hydrogen-bond donors (Lipinski definition) is 3. The van der Waals surface area contributed by atoms with Gasteiger partial charge in [-0.2, -0.15) is 0 Å². The highest BCUT2D eigenvalue weighted by atomic mass is 19.1. The Balaban J connectivity index is 1.94. The van der Waals surface area contributed by atoms with Crippen LogP contribution in [0.4, 0.5) is 8.78 Å². The Bertz CT molecular complexity index is 1000. The molecule has 4 atom stereocenters. The predicted molar refractivity (Wildman–Crippen MR) is 126 cm³/mol. The number of carboxylic acid groups (broad SMARTS) is 1. The number of benzene rings is 2. The summed E-state index contributed by atoms with van der Waals surface area (Å²) in [6, 6.07) is 12.6. The average molecular weight is 474 g/mol. The van der Waals surface area contributed by atoms with Gasteiger partial charge in [-0.1, -0.05) is 38.1 Å². The Kier molecular flexibility index (Phi) is 8.44. The number of aliphatic hydroxyl groups is 2. The Hall–Kier alpha value is -2.77. The number of aliphatic hydroxyl groups excluding tert-OH is 2. The lowest BCUT2D eigenvalue weighted by molar-refractivity contribution is -0.139.